The largest absolute Gasteiger partial charge is 0.481 e. The zero-order valence-corrected chi connectivity index (χ0v) is 8.76. The summed E-state index contributed by atoms with van der Waals surface area (Å²) >= 11 is 0. The fraction of sp³-hybridized carbons (Fsp3) is 0.545. The molecule has 1 aromatic rings. The van der Waals surface area contributed by atoms with Gasteiger partial charge in [0.25, 0.3) is 6.43 Å². The van der Waals surface area contributed by atoms with Crippen molar-refractivity contribution in [2.45, 2.75) is 32.1 Å². The minimum Gasteiger partial charge on any atom is -0.481 e. The van der Waals surface area contributed by atoms with Crippen molar-refractivity contribution in [1.29, 1.82) is 0 Å². The Bertz CT molecular complexity index is 375. The molecule has 1 heterocycles. The number of rotatable bonds is 3. The molecule has 1 aliphatic rings. The van der Waals surface area contributed by atoms with Crippen molar-refractivity contribution in [2.24, 2.45) is 0 Å². The van der Waals surface area contributed by atoms with Crippen LogP contribution in [0.5, 0.6) is 5.88 Å². The molecule has 1 aromatic heterocycles. The quantitative estimate of drug-likeness (QED) is 0.769. The van der Waals surface area contributed by atoms with E-state index in [1.807, 2.05) is 6.92 Å². The third-order valence-electron chi connectivity index (χ3n) is 2.72. The van der Waals surface area contributed by atoms with E-state index in [1.54, 1.807) is 0 Å². The van der Waals surface area contributed by atoms with Gasteiger partial charge in [0, 0.05) is 5.56 Å². The molecule has 0 saturated heterocycles. The second-order valence-corrected chi connectivity index (χ2v) is 3.85. The van der Waals surface area contributed by atoms with E-state index < -0.39 is 6.43 Å². The van der Waals surface area contributed by atoms with Crippen molar-refractivity contribution >= 4 is 0 Å². The number of halogens is 2. The van der Waals surface area contributed by atoms with E-state index >= 15 is 0 Å². The first-order valence-corrected chi connectivity index (χ1v) is 4.97. The zero-order valence-electron chi connectivity index (χ0n) is 8.76. The SMILES string of the molecule is COc1nc(C(F)F)cc(C2CC2)c1C. The molecule has 2 nitrogen and oxygen atoms in total. The number of methoxy groups -OCH3 is 1. The number of hydrogen-bond acceptors (Lipinski definition) is 2. The predicted molar refractivity (Wildman–Crippen MR) is 52.5 cm³/mol. The van der Waals surface area contributed by atoms with Crippen LogP contribution in [0.1, 0.15) is 42.0 Å². The molecule has 0 spiro atoms. The Morgan fingerprint density at radius 1 is 1.47 bits per heavy atom. The average Bonchev–Trinajstić information content (AvgIpc) is 3.01. The highest BCUT2D eigenvalue weighted by molar-refractivity contribution is 5.40. The average molecular weight is 213 g/mol. The first kappa shape index (κ1) is 10.3. The number of nitrogens with zero attached hydrogens (tertiary/aromatic N) is 1. The summed E-state index contributed by atoms with van der Waals surface area (Å²) in [6.07, 6.45) is -0.370. The van der Waals surface area contributed by atoms with Gasteiger partial charge in [0.2, 0.25) is 5.88 Å². The molecular formula is C11H13F2NO. The Labute approximate surface area is 87.3 Å². The molecule has 15 heavy (non-hydrogen) atoms. The van der Waals surface area contributed by atoms with E-state index in [1.165, 1.54) is 13.2 Å². The Morgan fingerprint density at radius 3 is 2.60 bits per heavy atom. The molecule has 1 saturated carbocycles. The lowest BCUT2D eigenvalue weighted by atomic mass is 10.1. The Morgan fingerprint density at radius 2 is 2.13 bits per heavy atom. The Balaban J connectivity index is 2.47. The molecule has 0 atom stereocenters. The molecular weight excluding hydrogens is 200 g/mol. The van der Waals surface area contributed by atoms with Crippen molar-refractivity contribution in [3.8, 4) is 5.88 Å². The molecule has 0 bridgehead atoms. The van der Waals surface area contributed by atoms with E-state index in [0.717, 1.165) is 24.0 Å². The summed E-state index contributed by atoms with van der Waals surface area (Å²) in [5, 5.41) is 0. The highest BCUT2D eigenvalue weighted by atomic mass is 19.3. The smallest absolute Gasteiger partial charge is 0.280 e. The maximum absolute atomic E-state index is 12.6. The molecule has 0 amide bonds. The van der Waals surface area contributed by atoms with Crippen LogP contribution in [-0.4, -0.2) is 12.1 Å². The van der Waals surface area contributed by atoms with Crippen molar-refractivity contribution in [3.05, 3.63) is 22.9 Å². The summed E-state index contributed by atoms with van der Waals surface area (Å²) in [4.78, 5) is 3.79. The third kappa shape index (κ3) is 1.94. The van der Waals surface area contributed by atoms with Crippen LogP contribution in [0.25, 0.3) is 0 Å². The molecule has 4 heteroatoms. The fourth-order valence-electron chi connectivity index (χ4n) is 1.75. The fourth-order valence-corrected chi connectivity index (χ4v) is 1.75. The lowest BCUT2D eigenvalue weighted by Crippen LogP contribution is -2.00. The van der Waals surface area contributed by atoms with Gasteiger partial charge in [-0.05, 0) is 37.3 Å². The maximum Gasteiger partial charge on any atom is 0.280 e. The molecule has 2 rings (SSSR count). The molecule has 0 unspecified atom stereocenters. The number of hydrogen-bond donors (Lipinski definition) is 0. The van der Waals surface area contributed by atoms with Crippen molar-refractivity contribution in [2.75, 3.05) is 7.11 Å². The molecule has 1 fully saturated rings. The number of pyridine rings is 1. The Hall–Kier alpha value is -1.19. The number of ether oxygens (including phenoxy) is 1. The second kappa shape index (κ2) is 3.76. The van der Waals surface area contributed by atoms with Crippen LogP contribution < -0.4 is 4.74 Å². The van der Waals surface area contributed by atoms with Crippen molar-refractivity contribution in [1.82, 2.24) is 4.98 Å². The topological polar surface area (TPSA) is 22.1 Å². The Kier molecular flexibility index (Phi) is 2.59. The van der Waals surface area contributed by atoms with E-state index in [4.69, 9.17) is 4.74 Å². The number of aromatic nitrogens is 1. The monoisotopic (exact) mass is 213 g/mol. The summed E-state index contributed by atoms with van der Waals surface area (Å²) in [7, 11) is 1.46. The van der Waals surface area contributed by atoms with Gasteiger partial charge in [-0.2, -0.15) is 0 Å². The third-order valence-corrected chi connectivity index (χ3v) is 2.72. The first-order chi connectivity index (χ1) is 7.13. The van der Waals surface area contributed by atoms with Gasteiger partial charge in [0.1, 0.15) is 5.69 Å². The van der Waals surface area contributed by atoms with Crippen LogP contribution in [0.15, 0.2) is 6.07 Å². The minimum atomic E-state index is -2.53. The molecule has 1 aliphatic carbocycles. The van der Waals surface area contributed by atoms with Gasteiger partial charge >= 0.3 is 0 Å². The van der Waals surface area contributed by atoms with Crippen molar-refractivity contribution in [3.63, 3.8) is 0 Å². The van der Waals surface area contributed by atoms with Gasteiger partial charge in [-0.3, -0.25) is 0 Å². The van der Waals surface area contributed by atoms with Crippen LogP contribution in [0.4, 0.5) is 8.78 Å². The summed E-state index contributed by atoms with van der Waals surface area (Å²) in [6.45, 7) is 1.87. The number of alkyl halides is 2. The minimum absolute atomic E-state index is 0.181. The van der Waals surface area contributed by atoms with E-state index in [2.05, 4.69) is 4.98 Å². The van der Waals surface area contributed by atoms with Gasteiger partial charge in [-0.15, -0.1) is 0 Å². The highest BCUT2D eigenvalue weighted by Crippen LogP contribution is 2.43. The van der Waals surface area contributed by atoms with Crippen LogP contribution in [-0.2, 0) is 0 Å². The molecule has 0 aliphatic heterocycles. The standard InChI is InChI=1S/C11H13F2NO/c1-6-8(7-3-4-7)5-9(10(12)13)14-11(6)15-2/h5,7,10H,3-4H2,1-2H3. The lowest BCUT2D eigenvalue weighted by Gasteiger charge is -2.11. The highest BCUT2D eigenvalue weighted by Gasteiger charge is 2.28. The van der Waals surface area contributed by atoms with Crippen LogP contribution in [0, 0.1) is 6.92 Å². The zero-order chi connectivity index (χ0) is 11.0. The maximum atomic E-state index is 12.6. The molecule has 0 radical (unpaired) electrons. The summed E-state index contributed by atoms with van der Waals surface area (Å²) in [5.41, 5.74) is 1.68. The summed E-state index contributed by atoms with van der Waals surface area (Å²) < 4.78 is 30.1. The lowest BCUT2D eigenvalue weighted by molar-refractivity contribution is 0.145. The summed E-state index contributed by atoms with van der Waals surface area (Å²) in [6, 6.07) is 1.51. The normalized spacial score (nSPS) is 15.8. The van der Waals surface area contributed by atoms with Crippen LogP contribution in [0.3, 0.4) is 0 Å². The van der Waals surface area contributed by atoms with E-state index in [-0.39, 0.29) is 5.69 Å². The van der Waals surface area contributed by atoms with Gasteiger partial charge in [-0.25, -0.2) is 13.8 Å². The van der Waals surface area contributed by atoms with Gasteiger partial charge in [-0.1, -0.05) is 0 Å². The predicted octanol–water partition coefficient (Wildman–Crippen LogP) is 3.21. The van der Waals surface area contributed by atoms with Crippen LogP contribution in [0.2, 0.25) is 0 Å². The van der Waals surface area contributed by atoms with Gasteiger partial charge in [0.15, 0.2) is 0 Å². The van der Waals surface area contributed by atoms with E-state index in [0.29, 0.717) is 11.8 Å². The van der Waals surface area contributed by atoms with Gasteiger partial charge in [0.05, 0.1) is 7.11 Å². The molecule has 0 N–H and O–H groups in total. The van der Waals surface area contributed by atoms with Crippen LogP contribution >= 0.6 is 0 Å². The second-order valence-electron chi connectivity index (χ2n) is 3.85. The van der Waals surface area contributed by atoms with E-state index in [9.17, 15) is 8.78 Å². The summed E-state index contributed by atoms with van der Waals surface area (Å²) in [5.74, 6) is 0.758. The van der Waals surface area contributed by atoms with Gasteiger partial charge < -0.3 is 4.74 Å². The van der Waals surface area contributed by atoms with Crippen molar-refractivity contribution < 1.29 is 13.5 Å². The first-order valence-electron chi connectivity index (χ1n) is 4.97. The molecule has 82 valence electrons. The molecule has 0 aromatic carbocycles.